The van der Waals surface area contributed by atoms with Crippen LogP contribution in [0.5, 0.6) is 0 Å². The number of hydrogen-bond acceptors (Lipinski definition) is 3. The fourth-order valence-corrected chi connectivity index (χ4v) is 3.37. The van der Waals surface area contributed by atoms with Crippen LogP contribution >= 0.6 is 11.3 Å². The van der Waals surface area contributed by atoms with E-state index in [0.29, 0.717) is 0 Å². The summed E-state index contributed by atoms with van der Waals surface area (Å²) in [6.07, 6.45) is 3.20. The SMILES string of the molecule is Cc1nc(-c2ccc3[nH]cc(CCN(C)C)c3c2)sc1C. The Kier molecular flexibility index (Phi) is 3.83. The smallest absolute Gasteiger partial charge is 0.123 e. The number of thiazole rings is 1. The third-order valence-corrected chi connectivity index (χ3v) is 4.99. The molecule has 0 aliphatic heterocycles. The first kappa shape index (κ1) is 14.3. The molecule has 0 bridgehead atoms. The quantitative estimate of drug-likeness (QED) is 0.789. The topological polar surface area (TPSA) is 31.9 Å². The standard InChI is InChI=1S/C17H21N3S/c1-11-12(2)21-17(19-11)13-5-6-16-15(9-13)14(10-18-16)7-8-20(3)4/h5-6,9-10,18H,7-8H2,1-4H3. The Morgan fingerprint density at radius 3 is 2.71 bits per heavy atom. The molecule has 3 rings (SSSR count). The van der Waals surface area contributed by atoms with Crippen LogP contribution in [0, 0.1) is 13.8 Å². The van der Waals surface area contributed by atoms with Crippen molar-refractivity contribution in [1.82, 2.24) is 14.9 Å². The fourth-order valence-electron chi connectivity index (χ4n) is 2.46. The molecule has 110 valence electrons. The van der Waals surface area contributed by atoms with E-state index < -0.39 is 0 Å². The Bertz CT molecular complexity index is 748. The first-order valence-corrected chi connectivity index (χ1v) is 8.05. The summed E-state index contributed by atoms with van der Waals surface area (Å²) in [5.41, 5.74) is 4.94. The van der Waals surface area contributed by atoms with Crippen molar-refractivity contribution in [3.8, 4) is 10.6 Å². The lowest BCUT2D eigenvalue weighted by molar-refractivity contribution is 0.414. The zero-order valence-electron chi connectivity index (χ0n) is 13.0. The molecule has 1 aromatic carbocycles. The highest BCUT2D eigenvalue weighted by Crippen LogP contribution is 2.30. The van der Waals surface area contributed by atoms with E-state index in [1.54, 1.807) is 11.3 Å². The van der Waals surface area contributed by atoms with Crippen molar-refractivity contribution in [1.29, 1.82) is 0 Å². The Morgan fingerprint density at radius 1 is 1.24 bits per heavy atom. The molecule has 0 aliphatic carbocycles. The van der Waals surface area contributed by atoms with E-state index in [9.17, 15) is 0 Å². The summed E-state index contributed by atoms with van der Waals surface area (Å²) >= 11 is 1.77. The van der Waals surface area contributed by atoms with Crippen LogP contribution in [0.3, 0.4) is 0 Å². The summed E-state index contributed by atoms with van der Waals surface area (Å²) in [6.45, 7) is 5.27. The van der Waals surface area contributed by atoms with Gasteiger partial charge in [-0.15, -0.1) is 11.3 Å². The van der Waals surface area contributed by atoms with Gasteiger partial charge in [0.1, 0.15) is 5.01 Å². The zero-order chi connectivity index (χ0) is 15.0. The lowest BCUT2D eigenvalue weighted by Gasteiger charge is -2.08. The molecule has 2 heterocycles. The molecule has 3 nitrogen and oxygen atoms in total. The average Bonchev–Trinajstić information content (AvgIpc) is 3.00. The predicted octanol–water partition coefficient (Wildman–Crippen LogP) is 4.01. The second-order valence-electron chi connectivity index (χ2n) is 5.79. The van der Waals surface area contributed by atoms with Gasteiger partial charge in [0, 0.05) is 34.1 Å². The molecule has 0 saturated heterocycles. The monoisotopic (exact) mass is 299 g/mol. The molecule has 2 aromatic heterocycles. The summed E-state index contributed by atoms with van der Waals surface area (Å²) in [4.78, 5) is 11.6. The number of H-pyrrole nitrogens is 1. The molecular formula is C17H21N3S. The highest BCUT2D eigenvalue weighted by atomic mass is 32.1. The number of rotatable bonds is 4. The van der Waals surface area contributed by atoms with Crippen molar-refractivity contribution < 1.29 is 0 Å². The van der Waals surface area contributed by atoms with Gasteiger partial charge in [0.05, 0.1) is 5.69 Å². The number of aryl methyl sites for hydroxylation is 2. The highest BCUT2D eigenvalue weighted by molar-refractivity contribution is 7.15. The van der Waals surface area contributed by atoms with Crippen molar-refractivity contribution in [3.05, 3.63) is 40.5 Å². The van der Waals surface area contributed by atoms with Gasteiger partial charge in [-0.2, -0.15) is 0 Å². The van der Waals surface area contributed by atoms with Gasteiger partial charge in [0.2, 0.25) is 0 Å². The number of fused-ring (bicyclic) bond motifs is 1. The van der Waals surface area contributed by atoms with Crippen molar-refractivity contribution >= 4 is 22.2 Å². The Balaban J connectivity index is 2.00. The minimum atomic E-state index is 1.06. The molecular weight excluding hydrogens is 278 g/mol. The van der Waals surface area contributed by atoms with Crippen LogP contribution < -0.4 is 0 Å². The summed E-state index contributed by atoms with van der Waals surface area (Å²) in [5.74, 6) is 0. The third-order valence-electron chi connectivity index (χ3n) is 3.87. The van der Waals surface area contributed by atoms with Gasteiger partial charge in [-0.05, 0) is 58.1 Å². The van der Waals surface area contributed by atoms with E-state index in [1.807, 2.05) is 0 Å². The molecule has 0 fully saturated rings. The first-order chi connectivity index (χ1) is 10.0. The maximum Gasteiger partial charge on any atom is 0.123 e. The molecule has 0 atom stereocenters. The molecule has 4 heteroatoms. The minimum Gasteiger partial charge on any atom is -0.361 e. The Morgan fingerprint density at radius 2 is 2.05 bits per heavy atom. The number of likely N-dealkylation sites (N-methyl/N-ethyl adjacent to an activating group) is 1. The number of nitrogens with one attached hydrogen (secondary N) is 1. The molecule has 0 spiro atoms. The van der Waals surface area contributed by atoms with Crippen LogP contribution in [-0.2, 0) is 6.42 Å². The van der Waals surface area contributed by atoms with Crippen molar-refractivity contribution in [2.45, 2.75) is 20.3 Å². The molecule has 0 saturated carbocycles. The molecule has 21 heavy (non-hydrogen) atoms. The zero-order valence-corrected chi connectivity index (χ0v) is 13.8. The Hall–Kier alpha value is -1.65. The van der Waals surface area contributed by atoms with Crippen molar-refractivity contribution in [2.75, 3.05) is 20.6 Å². The van der Waals surface area contributed by atoms with Gasteiger partial charge in [0.15, 0.2) is 0 Å². The van der Waals surface area contributed by atoms with Crippen LogP contribution in [0.4, 0.5) is 0 Å². The number of hydrogen-bond donors (Lipinski definition) is 1. The summed E-state index contributed by atoms with van der Waals surface area (Å²) in [7, 11) is 4.22. The molecule has 0 amide bonds. The maximum atomic E-state index is 4.68. The number of nitrogens with zero attached hydrogens (tertiary/aromatic N) is 2. The minimum absolute atomic E-state index is 1.06. The Labute approximate surface area is 129 Å². The second-order valence-corrected chi connectivity index (χ2v) is 6.99. The van der Waals surface area contributed by atoms with Gasteiger partial charge >= 0.3 is 0 Å². The van der Waals surface area contributed by atoms with Crippen molar-refractivity contribution in [2.24, 2.45) is 0 Å². The molecule has 1 N–H and O–H groups in total. The highest BCUT2D eigenvalue weighted by Gasteiger charge is 2.10. The molecule has 0 radical (unpaired) electrons. The van der Waals surface area contributed by atoms with E-state index in [2.05, 4.69) is 67.2 Å². The van der Waals surface area contributed by atoms with Gasteiger partial charge < -0.3 is 9.88 Å². The van der Waals surface area contributed by atoms with Crippen LogP contribution in [-0.4, -0.2) is 35.5 Å². The van der Waals surface area contributed by atoms with Crippen LogP contribution in [0.2, 0.25) is 0 Å². The van der Waals surface area contributed by atoms with E-state index in [-0.39, 0.29) is 0 Å². The van der Waals surface area contributed by atoms with Gasteiger partial charge in [-0.3, -0.25) is 0 Å². The molecule has 3 aromatic rings. The fraction of sp³-hybridized carbons (Fsp3) is 0.353. The summed E-state index contributed by atoms with van der Waals surface area (Å²) in [6, 6.07) is 6.59. The summed E-state index contributed by atoms with van der Waals surface area (Å²) < 4.78 is 0. The summed E-state index contributed by atoms with van der Waals surface area (Å²) in [5, 5.41) is 2.44. The number of aromatic nitrogens is 2. The number of aromatic amines is 1. The van der Waals surface area contributed by atoms with Gasteiger partial charge in [0.25, 0.3) is 0 Å². The largest absolute Gasteiger partial charge is 0.361 e. The van der Waals surface area contributed by atoms with E-state index in [1.165, 1.54) is 26.9 Å². The van der Waals surface area contributed by atoms with Crippen LogP contribution in [0.25, 0.3) is 21.5 Å². The van der Waals surface area contributed by atoms with E-state index in [0.717, 1.165) is 23.7 Å². The maximum absolute atomic E-state index is 4.68. The lowest BCUT2D eigenvalue weighted by Crippen LogP contribution is -2.14. The van der Waals surface area contributed by atoms with Crippen LogP contribution in [0.1, 0.15) is 16.1 Å². The third kappa shape index (κ3) is 2.87. The molecule has 0 unspecified atom stereocenters. The van der Waals surface area contributed by atoms with Gasteiger partial charge in [-0.1, -0.05) is 0 Å². The van der Waals surface area contributed by atoms with E-state index in [4.69, 9.17) is 0 Å². The number of benzene rings is 1. The first-order valence-electron chi connectivity index (χ1n) is 7.24. The lowest BCUT2D eigenvalue weighted by atomic mass is 10.1. The second kappa shape index (κ2) is 5.62. The van der Waals surface area contributed by atoms with Crippen molar-refractivity contribution in [3.63, 3.8) is 0 Å². The predicted molar refractivity (Wildman–Crippen MR) is 91.1 cm³/mol. The average molecular weight is 299 g/mol. The van der Waals surface area contributed by atoms with E-state index >= 15 is 0 Å². The van der Waals surface area contributed by atoms with Gasteiger partial charge in [-0.25, -0.2) is 4.98 Å². The molecule has 0 aliphatic rings. The normalized spacial score (nSPS) is 11.7. The van der Waals surface area contributed by atoms with Crippen LogP contribution in [0.15, 0.2) is 24.4 Å².